The molecule has 3 heterocycles. The quantitative estimate of drug-likeness (QED) is 0.847. The van der Waals surface area contributed by atoms with Gasteiger partial charge in [0.1, 0.15) is 5.65 Å². The van der Waals surface area contributed by atoms with Gasteiger partial charge in [0, 0.05) is 38.0 Å². The van der Waals surface area contributed by atoms with Gasteiger partial charge in [-0.2, -0.15) is 0 Å². The third kappa shape index (κ3) is 3.16. The Morgan fingerprint density at radius 2 is 2.26 bits per heavy atom. The third-order valence-electron chi connectivity index (χ3n) is 4.88. The van der Waals surface area contributed by atoms with Crippen molar-refractivity contribution in [1.82, 2.24) is 14.3 Å². The minimum Gasteiger partial charge on any atom is -0.381 e. The van der Waals surface area contributed by atoms with Crippen LogP contribution in [0, 0.1) is 12.8 Å². The standard InChI is InChI=1S/C18H23N3O2/c1-13-3-2-7-21-17(22)9-15(19-18(13)21)11-20(16-4-5-16)10-14-6-8-23-12-14/h2-3,7,9,14,16H,4-6,8,10-12H2,1H3/t14-/m1/s1. The van der Waals surface area contributed by atoms with Gasteiger partial charge in [0.05, 0.1) is 12.3 Å². The summed E-state index contributed by atoms with van der Waals surface area (Å²) in [5.74, 6) is 0.624. The molecule has 2 aromatic rings. The molecular weight excluding hydrogens is 290 g/mol. The maximum Gasteiger partial charge on any atom is 0.258 e. The van der Waals surface area contributed by atoms with E-state index in [1.54, 1.807) is 16.7 Å². The Hall–Kier alpha value is -1.72. The third-order valence-corrected chi connectivity index (χ3v) is 4.88. The number of nitrogens with zero attached hydrogens (tertiary/aromatic N) is 3. The number of pyridine rings is 1. The average Bonchev–Trinajstić information content (AvgIpc) is 3.26. The molecule has 1 aliphatic carbocycles. The summed E-state index contributed by atoms with van der Waals surface area (Å²) in [4.78, 5) is 19.6. The highest BCUT2D eigenvalue weighted by Crippen LogP contribution is 2.30. The molecular formula is C18H23N3O2. The monoisotopic (exact) mass is 313 g/mol. The van der Waals surface area contributed by atoms with Crippen LogP contribution in [0.15, 0.2) is 29.2 Å². The summed E-state index contributed by atoms with van der Waals surface area (Å²) in [6.07, 6.45) is 5.46. The van der Waals surface area contributed by atoms with Gasteiger partial charge in [0.15, 0.2) is 0 Å². The van der Waals surface area contributed by atoms with Crippen molar-refractivity contribution in [2.45, 2.75) is 38.8 Å². The van der Waals surface area contributed by atoms with E-state index in [0.717, 1.165) is 49.6 Å². The molecule has 2 fully saturated rings. The fourth-order valence-corrected chi connectivity index (χ4v) is 3.44. The van der Waals surface area contributed by atoms with Crippen LogP contribution in [-0.2, 0) is 11.3 Å². The fraction of sp³-hybridized carbons (Fsp3) is 0.556. The smallest absolute Gasteiger partial charge is 0.258 e. The van der Waals surface area contributed by atoms with Crippen LogP contribution >= 0.6 is 0 Å². The SMILES string of the molecule is Cc1cccn2c(=O)cc(CN(C[C@H]3CCOC3)C3CC3)nc12. The minimum atomic E-state index is 0.00801. The van der Waals surface area contributed by atoms with Crippen LogP contribution in [0.5, 0.6) is 0 Å². The first-order valence-electron chi connectivity index (χ1n) is 8.50. The first-order chi connectivity index (χ1) is 11.2. The molecule has 0 unspecified atom stereocenters. The van der Waals surface area contributed by atoms with Crippen LogP contribution in [0.3, 0.4) is 0 Å². The Balaban J connectivity index is 1.60. The number of hydrogen-bond donors (Lipinski definition) is 0. The van der Waals surface area contributed by atoms with E-state index in [1.165, 1.54) is 12.8 Å². The van der Waals surface area contributed by atoms with E-state index in [-0.39, 0.29) is 5.56 Å². The summed E-state index contributed by atoms with van der Waals surface area (Å²) in [5, 5.41) is 0. The Labute approximate surface area is 135 Å². The first-order valence-corrected chi connectivity index (χ1v) is 8.50. The molecule has 0 bridgehead atoms. The molecule has 23 heavy (non-hydrogen) atoms. The van der Waals surface area contributed by atoms with Gasteiger partial charge in [-0.1, -0.05) is 6.07 Å². The van der Waals surface area contributed by atoms with Crippen molar-refractivity contribution >= 4 is 5.65 Å². The van der Waals surface area contributed by atoms with E-state index < -0.39 is 0 Å². The van der Waals surface area contributed by atoms with Crippen molar-refractivity contribution in [3.05, 3.63) is 46.0 Å². The molecule has 1 atom stereocenters. The average molecular weight is 313 g/mol. The van der Waals surface area contributed by atoms with Gasteiger partial charge in [-0.05, 0) is 43.7 Å². The molecule has 0 N–H and O–H groups in total. The number of aryl methyl sites for hydroxylation is 1. The van der Waals surface area contributed by atoms with Crippen LogP contribution < -0.4 is 5.56 Å². The van der Waals surface area contributed by atoms with Gasteiger partial charge in [-0.3, -0.25) is 14.1 Å². The largest absolute Gasteiger partial charge is 0.381 e. The summed E-state index contributed by atoms with van der Waals surface area (Å²) in [6.45, 7) is 5.58. The lowest BCUT2D eigenvalue weighted by Crippen LogP contribution is -2.32. The maximum atomic E-state index is 12.3. The van der Waals surface area contributed by atoms with Crippen LogP contribution in [0.4, 0.5) is 0 Å². The van der Waals surface area contributed by atoms with Crippen LogP contribution in [0.25, 0.3) is 5.65 Å². The lowest BCUT2D eigenvalue weighted by atomic mass is 10.1. The summed E-state index contributed by atoms with van der Waals surface area (Å²) < 4.78 is 7.14. The predicted molar refractivity (Wildman–Crippen MR) is 88.6 cm³/mol. The highest BCUT2D eigenvalue weighted by Gasteiger charge is 2.31. The van der Waals surface area contributed by atoms with E-state index in [9.17, 15) is 4.79 Å². The van der Waals surface area contributed by atoms with Gasteiger partial charge < -0.3 is 4.74 Å². The van der Waals surface area contributed by atoms with Gasteiger partial charge in [0.2, 0.25) is 0 Å². The Kier molecular flexibility index (Phi) is 3.91. The van der Waals surface area contributed by atoms with Crippen LogP contribution in [0.2, 0.25) is 0 Å². The number of aromatic nitrogens is 2. The maximum absolute atomic E-state index is 12.3. The second-order valence-corrected chi connectivity index (χ2v) is 6.86. The molecule has 5 nitrogen and oxygen atoms in total. The molecule has 5 heteroatoms. The zero-order valence-corrected chi connectivity index (χ0v) is 13.6. The Morgan fingerprint density at radius 3 is 3.00 bits per heavy atom. The van der Waals surface area contributed by atoms with Crippen LogP contribution in [-0.4, -0.2) is 40.1 Å². The number of rotatable bonds is 5. The van der Waals surface area contributed by atoms with Crippen LogP contribution in [0.1, 0.15) is 30.5 Å². The molecule has 1 aliphatic heterocycles. The second-order valence-electron chi connectivity index (χ2n) is 6.86. The Bertz CT molecular complexity index is 760. The highest BCUT2D eigenvalue weighted by molar-refractivity contribution is 5.46. The van der Waals surface area contributed by atoms with E-state index in [0.29, 0.717) is 12.0 Å². The molecule has 0 spiro atoms. The van der Waals surface area contributed by atoms with Gasteiger partial charge in [-0.15, -0.1) is 0 Å². The topological polar surface area (TPSA) is 46.8 Å². The van der Waals surface area contributed by atoms with E-state index in [4.69, 9.17) is 9.72 Å². The van der Waals surface area contributed by atoms with Crippen molar-refractivity contribution in [2.75, 3.05) is 19.8 Å². The van der Waals surface area contributed by atoms with Gasteiger partial charge in [0.25, 0.3) is 5.56 Å². The van der Waals surface area contributed by atoms with Crippen molar-refractivity contribution < 1.29 is 4.74 Å². The van der Waals surface area contributed by atoms with E-state index in [1.807, 2.05) is 19.1 Å². The molecule has 0 radical (unpaired) electrons. The fourth-order valence-electron chi connectivity index (χ4n) is 3.44. The predicted octanol–water partition coefficient (Wildman–Crippen LogP) is 2.00. The first kappa shape index (κ1) is 14.8. The second kappa shape index (κ2) is 6.06. The van der Waals surface area contributed by atoms with Gasteiger partial charge in [-0.25, -0.2) is 4.98 Å². The van der Waals surface area contributed by atoms with E-state index in [2.05, 4.69) is 4.90 Å². The highest BCUT2D eigenvalue weighted by atomic mass is 16.5. The molecule has 0 amide bonds. The van der Waals surface area contributed by atoms with Crippen molar-refractivity contribution in [1.29, 1.82) is 0 Å². The summed E-state index contributed by atoms with van der Waals surface area (Å²) in [5.41, 5.74) is 2.70. The summed E-state index contributed by atoms with van der Waals surface area (Å²) in [6, 6.07) is 6.24. The molecule has 1 saturated carbocycles. The van der Waals surface area contributed by atoms with Crippen molar-refractivity contribution in [3.63, 3.8) is 0 Å². The normalized spacial score (nSPS) is 21.4. The van der Waals surface area contributed by atoms with E-state index >= 15 is 0 Å². The molecule has 0 aromatic carbocycles. The lowest BCUT2D eigenvalue weighted by Gasteiger charge is -2.24. The van der Waals surface area contributed by atoms with Gasteiger partial charge >= 0.3 is 0 Å². The lowest BCUT2D eigenvalue weighted by molar-refractivity contribution is 0.161. The molecule has 2 aromatic heterocycles. The zero-order chi connectivity index (χ0) is 15.8. The molecule has 4 rings (SSSR count). The number of fused-ring (bicyclic) bond motifs is 1. The number of ether oxygens (including phenoxy) is 1. The number of hydrogen-bond acceptors (Lipinski definition) is 4. The van der Waals surface area contributed by atoms with Crippen molar-refractivity contribution in [3.8, 4) is 0 Å². The minimum absolute atomic E-state index is 0.00801. The molecule has 122 valence electrons. The van der Waals surface area contributed by atoms with Crippen molar-refractivity contribution in [2.24, 2.45) is 5.92 Å². The molecule has 2 aliphatic rings. The molecule has 1 saturated heterocycles. The zero-order valence-electron chi connectivity index (χ0n) is 13.6. The Morgan fingerprint density at radius 1 is 1.39 bits per heavy atom. The summed E-state index contributed by atoms with van der Waals surface area (Å²) >= 11 is 0. The summed E-state index contributed by atoms with van der Waals surface area (Å²) in [7, 11) is 0.